The van der Waals surface area contributed by atoms with E-state index in [0.29, 0.717) is 30.6 Å². The minimum Gasteiger partial charge on any atom is -0.463 e. The maximum Gasteiger partial charge on any atom is 0.293 e. The summed E-state index contributed by atoms with van der Waals surface area (Å²) in [6.45, 7) is 21.8. The van der Waals surface area contributed by atoms with Gasteiger partial charge in [0, 0.05) is 34.8 Å². The molecule has 0 atom stereocenters. The predicted octanol–water partition coefficient (Wildman–Crippen LogP) is 7.22. The summed E-state index contributed by atoms with van der Waals surface area (Å²) in [5.41, 5.74) is 16.3. The Kier molecular flexibility index (Phi) is 10.8. The van der Waals surface area contributed by atoms with Crippen LogP contribution >= 0.6 is 0 Å². The molecule has 0 saturated heterocycles. The van der Waals surface area contributed by atoms with Crippen LogP contribution in [0.25, 0.3) is 22.2 Å². The van der Waals surface area contributed by atoms with Crippen LogP contribution in [0.2, 0.25) is 0 Å². The van der Waals surface area contributed by atoms with Crippen molar-refractivity contribution < 1.29 is 13.9 Å². The van der Waals surface area contributed by atoms with Gasteiger partial charge in [-0.3, -0.25) is 4.79 Å². The molecule has 3 heterocycles. The molecule has 5 nitrogen and oxygen atoms in total. The number of aryl methyl sites for hydroxylation is 1. The first-order valence-electron chi connectivity index (χ1n) is 13.4. The average molecular weight is 508 g/mol. The second kappa shape index (κ2) is 13.3. The quantitative estimate of drug-likeness (QED) is 0.442. The molecule has 2 N–H and O–H groups in total. The van der Waals surface area contributed by atoms with Gasteiger partial charge in [0.15, 0.2) is 0 Å². The number of nitrogens with zero attached hydrogens (tertiary/aromatic N) is 2. The first-order valence-corrected chi connectivity index (χ1v) is 13.4. The van der Waals surface area contributed by atoms with Crippen LogP contribution in [0, 0.1) is 12.7 Å². The molecule has 37 heavy (non-hydrogen) atoms. The van der Waals surface area contributed by atoms with Crippen molar-refractivity contribution >= 4 is 28.6 Å². The zero-order valence-corrected chi connectivity index (χ0v) is 23.7. The van der Waals surface area contributed by atoms with Gasteiger partial charge < -0.3 is 15.4 Å². The van der Waals surface area contributed by atoms with Gasteiger partial charge in [0.2, 0.25) is 0 Å². The number of rotatable bonds is 4. The lowest BCUT2D eigenvalue weighted by molar-refractivity contribution is -0.127. The van der Waals surface area contributed by atoms with E-state index in [-0.39, 0.29) is 12.4 Å². The second-order valence-electron chi connectivity index (χ2n) is 8.27. The number of ether oxygens (including phenoxy) is 1. The third-order valence-electron chi connectivity index (χ3n) is 6.68. The van der Waals surface area contributed by atoms with E-state index in [2.05, 4.69) is 23.6 Å². The third kappa shape index (κ3) is 5.26. The highest BCUT2D eigenvalue weighted by atomic mass is 19.1. The number of benzene rings is 1. The lowest BCUT2D eigenvalue weighted by Crippen LogP contribution is -2.22. The Morgan fingerprint density at radius 3 is 2.43 bits per heavy atom. The van der Waals surface area contributed by atoms with Crippen LogP contribution in [0.4, 0.5) is 4.39 Å². The molecule has 0 fully saturated rings. The topological polar surface area (TPSA) is 68.5 Å². The van der Waals surface area contributed by atoms with Gasteiger partial charge >= 0.3 is 0 Å². The van der Waals surface area contributed by atoms with Crippen molar-refractivity contribution in [2.45, 2.75) is 74.8 Å². The van der Waals surface area contributed by atoms with Gasteiger partial charge in [0.25, 0.3) is 6.47 Å². The molecule has 2 aliphatic heterocycles. The second-order valence-corrected chi connectivity index (χ2v) is 8.27. The number of allylic oxidation sites excluding steroid dienone is 3. The van der Waals surface area contributed by atoms with Gasteiger partial charge in [-0.15, -0.1) is 0 Å². The normalized spacial score (nSPS) is 15.9. The summed E-state index contributed by atoms with van der Waals surface area (Å²) in [7, 11) is 0. The molecule has 5 rings (SSSR count). The lowest BCUT2D eigenvalue weighted by Gasteiger charge is -2.29. The fraction of sp³-hybridized carbons (Fsp3) is 0.419. The Labute approximate surface area is 221 Å². The van der Waals surface area contributed by atoms with Crippen LogP contribution in [0.1, 0.15) is 82.8 Å². The Balaban J connectivity index is 0.000000750. The van der Waals surface area contributed by atoms with Crippen LogP contribution in [0.15, 0.2) is 41.6 Å². The highest BCUT2D eigenvalue weighted by molar-refractivity contribution is 6.00. The molecular formula is C31H42FN3O2. The molecule has 0 amide bonds. The molecule has 1 aromatic carbocycles. The standard InChI is InChI=1S/C25H24FN3O2.3C2H6/c1-13-8-22-25-18(10-29(22)15(3)19(13)11-31-12-30)23-16(6-7-27)4-5-17-14(2)20(26)9-21(28-25)24(17)23;3*1-2/h6,8-9,12H,3-5,7,10-11,27H2,1-2H3;3*1-2H3/b16-6+;;;. The van der Waals surface area contributed by atoms with Crippen LogP contribution in [0.5, 0.6) is 0 Å². The molecular weight excluding hydrogens is 465 g/mol. The molecule has 200 valence electrons. The molecule has 6 heteroatoms. The van der Waals surface area contributed by atoms with E-state index in [1.165, 1.54) is 5.57 Å². The lowest BCUT2D eigenvalue weighted by atomic mass is 9.81. The zero-order chi connectivity index (χ0) is 27.9. The van der Waals surface area contributed by atoms with Gasteiger partial charge in [-0.1, -0.05) is 54.2 Å². The number of fused-ring (bicyclic) bond motifs is 4. The summed E-state index contributed by atoms with van der Waals surface area (Å²) in [5.74, 6) is -0.214. The number of aromatic nitrogens is 1. The van der Waals surface area contributed by atoms with E-state index in [1.54, 1.807) is 6.07 Å². The van der Waals surface area contributed by atoms with E-state index in [0.717, 1.165) is 63.2 Å². The van der Waals surface area contributed by atoms with Crippen LogP contribution in [0.3, 0.4) is 0 Å². The Morgan fingerprint density at radius 1 is 1.14 bits per heavy atom. The molecule has 0 unspecified atom stereocenters. The Hall–Kier alpha value is -3.25. The van der Waals surface area contributed by atoms with Crippen molar-refractivity contribution in [2.75, 3.05) is 13.2 Å². The summed E-state index contributed by atoms with van der Waals surface area (Å²) in [5, 5.41) is 1.05. The zero-order valence-electron chi connectivity index (χ0n) is 23.7. The van der Waals surface area contributed by atoms with Crippen molar-refractivity contribution in [3.8, 4) is 0 Å². The van der Waals surface area contributed by atoms with Crippen LogP contribution in [-0.4, -0.2) is 29.5 Å². The smallest absolute Gasteiger partial charge is 0.293 e. The Morgan fingerprint density at radius 2 is 1.81 bits per heavy atom. The maximum atomic E-state index is 14.7. The third-order valence-corrected chi connectivity index (χ3v) is 6.68. The molecule has 0 bridgehead atoms. The minimum absolute atomic E-state index is 0.180. The monoisotopic (exact) mass is 507 g/mol. The number of hydrogen-bond acceptors (Lipinski definition) is 5. The number of carbonyl (C=O) groups excluding carboxylic acids is 1. The first-order chi connectivity index (χ1) is 18.0. The number of carbonyl (C=O) groups is 1. The fourth-order valence-corrected chi connectivity index (χ4v) is 5.13. The number of nitrogens with two attached hydrogens (primary N) is 1. The van der Waals surface area contributed by atoms with E-state index in [4.69, 9.17) is 15.5 Å². The van der Waals surface area contributed by atoms with Gasteiger partial charge in [-0.05, 0) is 60.6 Å². The van der Waals surface area contributed by atoms with E-state index < -0.39 is 0 Å². The molecule has 1 aliphatic carbocycles. The molecule has 0 spiro atoms. The Bertz CT molecular complexity index is 1270. The summed E-state index contributed by atoms with van der Waals surface area (Å²) in [6.07, 6.45) is 5.74. The van der Waals surface area contributed by atoms with Crippen LogP contribution < -0.4 is 5.73 Å². The molecule has 3 aliphatic rings. The van der Waals surface area contributed by atoms with E-state index in [9.17, 15) is 9.18 Å². The van der Waals surface area contributed by atoms with E-state index >= 15 is 0 Å². The number of halogens is 1. The molecule has 2 aromatic rings. The van der Waals surface area contributed by atoms with Gasteiger partial charge in [-0.25, -0.2) is 9.37 Å². The summed E-state index contributed by atoms with van der Waals surface area (Å²) < 4.78 is 19.7. The fourth-order valence-electron chi connectivity index (χ4n) is 5.13. The summed E-state index contributed by atoms with van der Waals surface area (Å²) in [4.78, 5) is 17.8. The van der Waals surface area contributed by atoms with Crippen molar-refractivity contribution in [2.24, 2.45) is 5.73 Å². The van der Waals surface area contributed by atoms with Crippen molar-refractivity contribution in [1.29, 1.82) is 0 Å². The largest absolute Gasteiger partial charge is 0.463 e. The average Bonchev–Trinajstić information content (AvgIpc) is 3.29. The van der Waals surface area contributed by atoms with Crippen LogP contribution in [-0.2, 0) is 22.5 Å². The van der Waals surface area contributed by atoms with Crippen molar-refractivity contribution in [3.05, 3.63) is 75.4 Å². The van der Waals surface area contributed by atoms with Crippen molar-refractivity contribution in [3.63, 3.8) is 0 Å². The predicted molar refractivity (Wildman–Crippen MR) is 153 cm³/mol. The SMILES string of the molecule is C=C1C(COC=O)=C(C)C=C2c3nc4cc(F)c(C)c5c4c(c3CN12)/C(=C/CN)CC5.CC.CC.CC. The minimum atomic E-state index is -0.214. The summed E-state index contributed by atoms with van der Waals surface area (Å²) in [6, 6.07) is 1.55. The highest BCUT2D eigenvalue weighted by Crippen LogP contribution is 2.48. The highest BCUT2D eigenvalue weighted by Gasteiger charge is 2.36. The number of hydrogen-bond donors (Lipinski definition) is 1. The van der Waals surface area contributed by atoms with Crippen molar-refractivity contribution in [1.82, 2.24) is 9.88 Å². The molecule has 1 aromatic heterocycles. The van der Waals surface area contributed by atoms with Gasteiger partial charge in [-0.2, -0.15) is 0 Å². The van der Waals surface area contributed by atoms with E-state index in [1.807, 2.05) is 55.4 Å². The molecule has 0 saturated carbocycles. The maximum absolute atomic E-state index is 14.7. The van der Waals surface area contributed by atoms with Gasteiger partial charge in [0.1, 0.15) is 12.4 Å². The first kappa shape index (κ1) is 30.0. The van der Waals surface area contributed by atoms with Gasteiger partial charge in [0.05, 0.1) is 23.5 Å². The molecule has 0 radical (unpaired) electrons. The number of pyridine rings is 1. The summed E-state index contributed by atoms with van der Waals surface area (Å²) >= 11 is 0.